The van der Waals surface area contributed by atoms with Crippen LogP contribution in [0.15, 0.2) is 72.6 Å². The van der Waals surface area contributed by atoms with E-state index in [-0.39, 0.29) is 18.8 Å². The summed E-state index contributed by atoms with van der Waals surface area (Å²) < 4.78 is 5.20. The van der Waals surface area contributed by atoms with Crippen molar-refractivity contribution < 1.29 is 19.4 Å². The summed E-state index contributed by atoms with van der Waals surface area (Å²) in [5, 5.41) is 23.3. The molecule has 8 nitrogen and oxygen atoms in total. The molecule has 0 radical (unpaired) electrons. The van der Waals surface area contributed by atoms with Crippen molar-refractivity contribution in [2.45, 2.75) is 32.0 Å². The molecule has 3 N–H and O–H groups in total. The molecular weight excluding hydrogens is 372 g/mol. The minimum atomic E-state index is -0.929. The van der Waals surface area contributed by atoms with Crippen molar-refractivity contribution >= 4 is 12.0 Å². The summed E-state index contributed by atoms with van der Waals surface area (Å²) in [6, 6.07) is 16.6. The summed E-state index contributed by atoms with van der Waals surface area (Å²) in [4.78, 5) is 27.6. The van der Waals surface area contributed by atoms with Crippen LogP contribution in [-0.2, 0) is 22.6 Å². The number of aliphatic hydroxyl groups is 1. The van der Waals surface area contributed by atoms with Crippen molar-refractivity contribution in [1.82, 2.24) is 10.6 Å². The molecule has 2 aromatic rings. The number of rotatable bonds is 8. The quantitative estimate of drug-likeness (QED) is 0.469. The first kappa shape index (κ1) is 21.4. The van der Waals surface area contributed by atoms with Gasteiger partial charge in [0, 0.05) is 6.42 Å². The molecule has 2 atom stereocenters. The lowest BCUT2D eigenvalue weighted by Crippen LogP contribution is -2.50. The third kappa shape index (κ3) is 7.34. The maximum Gasteiger partial charge on any atom is 0.408 e. The second-order valence-electron chi connectivity index (χ2n) is 6.35. The number of diazo groups is 1. The van der Waals surface area contributed by atoms with Crippen molar-refractivity contribution in [3.63, 3.8) is 0 Å². The van der Waals surface area contributed by atoms with Gasteiger partial charge in [0.15, 0.2) is 4.98 Å². The molecule has 0 spiro atoms. The Morgan fingerprint density at radius 2 is 1.66 bits per heavy atom. The maximum absolute atomic E-state index is 12.7. The molecule has 0 aliphatic rings. The van der Waals surface area contributed by atoms with Crippen LogP contribution in [0.3, 0.4) is 0 Å². The fourth-order valence-corrected chi connectivity index (χ4v) is 2.52. The van der Waals surface area contributed by atoms with Crippen LogP contribution in [0.5, 0.6) is 0 Å². The van der Waals surface area contributed by atoms with Gasteiger partial charge in [-0.15, -0.1) is 0 Å². The van der Waals surface area contributed by atoms with Gasteiger partial charge in [0.05, 0.1) is 6.04 Å². The predicted molar refractivity (Wildman–Crippen MR) is 107 cm³/mol. The molecule has 2 amide bonds. The third-order valence-electron chi connectivity index (χ3n) is 4.10. The molecule has 0 aromatic heterocycles. The third-order valence-corrected chi connectivity index (χ3v) is 4.10. The van der Waals surface area contributed by atoms with E-state index in [1.807, 2.05) is 60.7 Å². The Bertz CT molecular complexity index is 879. The number of hydrogen-bond donors (Lipinski definition) is 3. The standard InChI is InChI=1S/C21H22N4O4/c1-15(19(26)13-23-22)24-20(27)18(12-16-8-4-2-5-9-16)25-21(28)29-14-17-10-6-3-7-11-17/h2-11,13,15,18H,12,14H2,1H3,(H2-,24,25,26,27,28)/p+1. The van der Waals surface area contributed by atoms with Crippen LogP contribution in [0.25, 0.3) is 4.98 Å². The normalized spacial score (nSPS) is 12.9. The predicted octanol–water partition coefficient (Wildman–Crippen LogP) is 3.28. The Morgan fingerprint density at radius 1 is 1.07 bits per heavy atom. The lowest BCUT2D eigenvalue weighted by atomic mass is 10.0. The van der Waals surface area contributed by atoms with Crippen molar-refractivity contribution in [3.8, 4) is 0 Å². The first-order valence-corrected chi connectivity index (χ1v) is 9.04. The lowest BCUT2D eigenvalue weighted by molar-refractivity contribution is -0.123. The van der Waals surface area contributed by atoms with Gasteiger partial charge in [-0.05, 0) is 18.1 Å². The summed E-state index contributed by atoms with van der Waals surface area (Å²) in [5.41, 5.74) is 1.66. The number of hydrogen-bond acceptors (Lipinski definition) is 5. The zero-order chi connectivity index (χ0) is 21.1. The fraction of sp³-hybridized carbons (Fsp3) is 0.238. The number of carbonyl (C=O) groups is 2. The van der Waals surface area contributed by atoms with E-state index in [2.05, 4.69) is 15.6 Å². The highest BCUT2D eigenvalue weighted by atomic mass is 16.5. The summed E-state index contributed by atoms with van der Waals surface area (Å²) >= 11 is 0. The summed E-state index contributed by atoms with van der Waals surface area (Å²) in [5.74, 6) is -0.845. The van der Waals surface area contributed by atoms with Crippen molar-refractivity contribution in [2.24, 2.45) is 0 Å². The lowest BCUT2D eigenvalue weighted by Gasteiger charge is -2.20. The molecule has 0 fully saturated rings. The number of carbonyl (C=O) groups excluding carboxylic acids is 2. The minimum Gasteiger partial charge on any atom is -0.504 e. The Morgan fingerprint density at radius 3 is 2.24 bits per heavy atom. The van der Waals surface area contributed by atoms with Gasteiger partial charge in [0.25, 0.3) is 0 Å². The molecule has 2 unspecified atom stereocenters. The van der Waals surface area contributed by atoms with Crippen molar-refractivity contribution in [1.29, 1.82) is 5.39 Å². The number of nitrogens with one attached hydrogen (secondary N) is 2. The number of ether oxygens (including phenoxy) is 1. The second-order valence-corrected chi connectivity index (χ2v) is 6.35. The van der Waals surface area contributed by atoms with Gasteiger partial charge < -0.3 is 20.5 Å². The Kier molecular flexibility index (Phi) is 8.20. The van der Waals surface area contributed by atoms with E-state index in [1.54, 1.807) is 0 Å². The van der Waals surface area contributed by atoms with Crippen LogP contribution in [-0.4, -0.2) is 29.2 Å². The number of aliphatic hydroxyl groups excluding tert-OH is 1. The average molecular weight is 395 g/mol. The van der Waals surface area contributed by atoms with Crippen LogP contribution in [0.1, 0.15) is 18.1 Å². The van der Waals surface area contributed by atoms with E-state index in [1.165, 1.54) is 6.92 Å². The van der Waals surface area contributed by atoms with Crippen molar-refractivity contribution in [2.75, 3.05) is 0 Å². The molecule has 0 saturated carbocycles. The molecule has 0 saturated heterocycles. The van der Waals surface area contributed by atoms with Crippen LogP contribution < -0.4 is 10.6 Å². The van der Waals surface area contributed by atoms with E-state index in [4.69, 9.17) is 10.1 Å². The average Bonchev–Trinajstić information content (AvgIpc) is 2.73. The number of amides is 2. The van der Waals surface area contributed by atoms with Crippen LogP contribution in [0, 0.1) is 5.39 Å². The molecule has 150 valence electrons. The van der Waals surface area contributed by atoms with E-state index >= 15 is 0 Å². The second kappa shape index (κ2) is 11.1. The first-order valence-electron chi connectivity index (χ1n) is 9.04. The Labute approximate surface area is 168 Å². The van der Waals surface area contributed by atoms with Gasteiger partial charge in [-0.3, -0.25) is 4.79 Å². The molecule has 0 heterocycles. The summed E-state index contributed by atoms with van der Waals surface area (Å²) in [6.07, 6.45) is 0.315. The number of alkyl carbamates (subject to hydrolysis) is 1. The van der Waals surface area contributed by atoms with E-state index < -0.39 is 24.1 Å². The van der Waals surface area contributed by atoms with E-state index in [0.717, 1.165) is 17.3 Å². The molecule has 29 heavy (non-hydrogen) atoms. The van der Waals surface area contributed by atoms with E-state index in [0.29, 0.717) is 0 Å². The molecule has 0 aliphatic heterocycles. The fourth-order valence-electron chi connectivity index (χ4n) is 2.52. The Balaban J connectivity index is 2.03. The highest BCUT2D eigenvalue weighted by Crippen LogP contribution is 2.07. The highest BCUT2D eigenvalue weighted by Gasteiger charge is 2.25. The molecule has 0 bridgehead atoms. The summed E-state index contributed by atoms with van der Waals surface area (Å²) in [7, 11) is 0. The maximum atomic E-state index is 12.7. The summed E-state index contributed by atoms with van der Waals surface area (Å²) in [6.45, 7) is 1.59. The van der Waals surface area contributed by atoms with E-state index in [9.17, 15) is 14.7 Å². The van der Waals surface area contributed by atoms with Crippen LogP contribution in [0.2, 0.25) is 0 Å². The SMILES string of the molecule is CC(NC(=O)C(Cc1ccccc1)NC(=O)OCc1ccccc1)C(O)=C[N+]#N. The highest BCUT2D eigenvalue weighted by molar-refractivity contribution is 5.86. The van der Waals surface area contributed by atoms with Gasteiger partial charge in [-0.25, -0.2) is 4.79 Å². The number of nitrogens with zero attached hydrogens (tertiary/aromatic N) is 2. The zero-order valence-corrected chi connectivity index (χ0v) is 16.0. The van der Waals surface area contributed by atoms with Gasteiger partial charge >= 0.3 is 12.3 Å². The molecule has 0 aliphatic carbocycles. The smallest absolute Gasteiger partial charge is 0.408 e. The molecule has 2 aromatic carbocycles. The monoisotopic (exact) mass is 395 g/mol. The molecular formula is C21H23N4O4+. The van der Waals surface area contributed by atoms with Gasteiger partial charge in [-0.2, -0.15) is 0 Å². The zero-order valence-electron chi connectivity index (χ0n) is 16.0. The van der Waals surface area contributed by atoms with Gasteiger partial charge in [0.1, 0.15) is 12.6 Å². The van der Waals surface area contributed by atoms with Crippen molar-refractivity contribution in [3.05, 3.63) is 88.7 Å². The molecule has 8 heteroatoms. The van der Waals surface area contributed by atoms with Crippen LogP contribution in [0.4, 0.5) is 4.79 Å². The van der Waals surface area contributed by atoms with Gasteiger partial charge in [0.2, 0.25) is 17.1 Å². The number of benzene rings is 2. The minimum absolute atomic E-state index is 0.0737. The van der Waals surface area contributed by atoms with Crippen LogP contribution >= 0.6 is 0 Å². The topological polar surface area (TPSA) is 116 Å². The first-order chi connectivity index (χ1) is 14.0. The molecule has 2 rings (SSSR count). The van der Waals surface area contributed by atoms with Gasteiger partial charge in [-0.1, -0.05) is 60.7 Å². The largest absolute Gasteiger partial charge is 0.504 e. The Hall–Kier alpha value is -3.86.